The van der Waals surface area contributed by atoms with E-state index in [2.05, 4.69) is 29.6 Å². The van der Waals surface area contributed by atoms with Gasteiger partial charge >= 0.3 is 0 Å². The van der Waals surface area contributed by atoms with E-state index in [0.717, 1.165) is 19.4 Å². The summed E-state index contributed by atoms with van der Waals surface area (Å²) in [5, 5.41) is 13.2. The molecule has 3 heteroatoms. The minimum atomic E-state index is -0.0517. The Balaban J connectivity index is 1.94. The molecule has 0 amide bonds. The summed E-state index contributed by atoms with van der Waals surface area (Å²) in [5.74, 6) is 0. The maximum Gasteiger partial charge on any atom is 0.0548 e. The number of thiophene rings is 1. The van der Waals surface area contributed by atoms with Gasteiger partial charge in [-0.2, -0.15) is 0 Å². The first-order valence-electron chi connectivity index (χ1n) is 5.97. The summed E-state index contributed by atoms with van der Waals surface area (Å²) >= 11 is 1.78. The fraction of sp³-hybridized carbons (Fsp3) is 0.429. The van der Waals surface area contributed by atoms with Crippen LogP contribution in [0.3, 0.4) is 0 Å². The molecule has 1 N–H and O–H groups in total. The van der Waals surface area contributed by atoms with Gasteiger partial charge in [-0.3, -0.25) is 0 Å². The number of hydrogen-bond acceptors (Lipinski definition) is 3. The molecule has 0 bridgehead atoms. The van der Waals surface area contributed by atoms with E-state index in [0.29, 0.717) is 6.61 Å². The van der Waals surface area contributed by atoms with Crippen molar-refractivity contribution < 1.29 is 9.84 Å². The van der Waals surface area contributed by atoms with Crippen LogP contribution in [-0.4, -0.2) is 24.9 Å². The lowest BCUT2D eigenvalue weighted by molar-refractivity contribution is 0.0938. The van der Waals surface area contributed by atoms with Crippen molar-refractivity contribution >= 4 is 21.4 Å². The Labute approximate surface area is 105 Å². The summed E-state index contributed by atoms with van der Waals surface area (Å²) in [4.78, 5) is 0. The molecule has 1 aliphatic rings. The zero-order chi connectivity index (χ0) is 11.7. The Morgan fingerprint density at radius 2 is 2.24 bits per heavy atom. The third-order valence-electron chi connectivity index (χ3n) is 3.65. The van der Waals surface area contributed by atoms with Crippen LogP contribution in [0.2, 0.25) is 0 Å². The maximum atomic E-state index is 9.61. The van der Waals surface area contributed by atoms with Crippen LogP contribution in [-0.2, 0) is 11.2 Å². The second-order valence-corrected chi connectivity index (χ2v) is 5.81. The van der Waals surface area contributed by atoms with Crippen LogP contribution in [0.5, 0.6) is 0 Å². The van der Waals surface area contributed by atoms with Gasteiger partial charge in [0.15, 0.2) is 0 Å². The van der Waals surface area contributed by atoms with E-state index >= 15 is 0 Å². The predicted molar refractivity (Wildman–Crippen MR) is 70.5 cm³/mol. The van der Waals surface area contributed by atoms with E-state index < -0.39 is 0 Å². The van der Waals surface area contributed by atoms with Crippen LogP contribution in [0.1, 0.15) is 12.0 Å². The molecule has 1 aliphatic heterocycles. The molecule has 1 aromatic carbocycles. The lowest BCUT2D eigenvalue weighted by atomic mass is 9.82. The molecule has 0 radical (unpaired) electrons. The van der Waals surface area contributed by atoms with Crippen LogP contribution in [0.25, 0.3) is 10.1 Å². The zero-order valence-electron chi connectivity index (χ0n) is 9.69. The van der Waals surface area contributed by atoms with Crippen molar-refractivity contribution in [1.82, 2.24) is 0 Å². The second kappa shape index (κ2) is 4.41. The van der Waals surface area contributed by atoms with Gasteiger partial charge in [0.05, 0.1) is 13.2 Å². The van der Waals surface area contributed by atoms with Gasteiger partial charge in [-0.25, -0.2) is 0 Å². The Morgan fingerprint density at radius 1 is 1.35 bits per heavy atom. The van der Waals surface area contributed by atoms with Gasteiger partial charge in [0.25, 0.3) is 0 Å². The molecule has 1 aromatic heterocycles. The van der Waals surface area contributed by atoms with Gasteiger partial charge in [0.1, 0.15) is 0 Å². The van der Waals surface area contributed by atoms with Crippen molar-refractivity contribution in [3.63, 3.8) is 0 Å². The first-order chi connectivity index (χ1) is 8.33. The summed E-state index contributed by atoms with van der Waals surface area (Å²) in [5.41, 5.74) is 1.30. The summed E-state index contributed by atoms with van der Waals surface area (Å²) in [6, 6.07) is 8.47. The highest BCUT2D eigenvalue weighted by atomic mass is 32.1. The monoisotopic (exact) mass is 248 g/mol. The van der Waals surface area contributed by atoms with Crippen molar-refractivity contribution in [1.29, 1.82) is 0 Å². The highest BCUT2D eigenvalue weighted by Gasteiger charge is 2.35. The number of benzene rings is 1. The molecule has 0 spiro atoms. The fourth-order valence-electron chi connectivity index (χ4n) is 2.54. The van der Waals surface area contributed by atoms with E-state index in [1.807, 2.05) is 0 Å². The summed E-state index contributed by atoms with van der Waals surface area (Å²) < 4.78 is 6.78. The molecular formula is C14H16O2S. The van der Waals surface area contributed by atoms with Crippen molar-refractivity contribution in [2.75, 3.05) is 19.8 Å². The van der Waals surface area contributed by atoms with Gasteiger partial charge < -0.3 is 9.84 Å². The molecule has 2 heterocycles. The van der Waals surface area contributed by atoms with Gasteiger partial charge in [0, 0.05) is 16.7 Å². The molecule has 0 saturated carbocycles. The van der Waals surface area contributed by atoms with Gasteiger partial charge in [0.2, 0.25) is 0 Å². The molecule has 1 unspecified atom stereocenters. The number of ether oxygens (including phenoxy) is 1. The Kier molecular flexibility index (Phi) is 2.90. The van der Waals surface area contributed by atoms with Gasteiger partial charge in [-0.05, 0) is 35.2 Å². The lowest BCUT2D eigenvalue weighted by Gasteiger charge is -2.24. The quantitative estimate of drug-likeness (QED) is 0.905. The largest absolute Gasteiger partial charge is 0.396 e. The molecule has 1 atom stereocenters. The average Bonchev–Trinajstić information content (AvgIpc) is 2.99. The third kappa shape index (κ3) is 1.99. The molecular weight excluding hydrogens is 232 g/mol. The van der Waals surface area contributed by atoms with Crippen LogP contribution >= 0.6 is 11.3 Å². The van der Waals surface area contributed by atoms with Crippen molar-refractivity contribution in [3.8, 4) is 0 Å². The summed E-state index contributed by atoms with van der Waals surface area (Å²) in [6.45, 7) is 1.69. The molecule has 1 saturated heterocycles. The standard InChI is InChI=1S/C14H16O2S/c15-9-14(5-6-16-10-14)7-11-8-17-13-4-2-1-3-12(11)13/h1-4,8,15H,5-7,9-10H2. The van der Waals surface area contributed by atoms with Crippen LogP contribution in [0.4, 0.5) is 0 Å². The lowest BCUT2D eigenvalue weighted by Crippen LogP contribution is -2.28. The molecule has 2 nitrogen and oxygen atoms in total. The normalized spacial score (nSPS) is 24.5. The van der Waals surface area contributed by atoms with Gasteiger partial charge in [-0.15, -0.1) is 11.3 Å². The summed E-state index contributed by atoms with van der Waals surface area (Å²) in [6.07, 6.45) is 1.89. The minimum absolute atomic E-state index is 0.0517. The predicted octanol–water partition coefficient (Wildman–Crippen LogP) is 2.84. The molecule has 2 aromatic rings. The number of fused-ring (bicyclic) bond motifs is 1. The van der Waals surface area contributed by atoms with Crippen LogP contribution in [0.15, 0.2) is 29.6 Å². The minimum Gasteiger partial charge on any atom is -0.396 e. The van der Waals surface area contributed by atoms with Crippen molar-refractivity contribution in [2.45, 2.75) is 12.8 Å². The number of aliphatic hydroxyl groups is 1. The first kappa shape index (κ1) is 11.2. The van der Waals surface area contributed by atoms with Gasteiger partial charge in [-0.1, -0.05) is 18.2 Å². The topological polar surface area (TPSA) is 29.5 Å². The average molecular weight is 248 g/mol. The van der Waals surface area contributed by atoms with Crippen molar-refractivity contribution in [3.05, 3.63) is 35.2 Å². The number of aliphatic hydroxyl groups excluding tert-OH is 1. The van der Waals surface area contributed by atoms with E-state index in [-0.39, 0.29) is 12.0 Å². The van der Waals surface area contributed by atoms with E-state index in [1.165, 1.54) is 15.6 Å². The van der Waals surface area contributed by atoms with E-state index in [9.17, 15) is 5.11 Å². The molecule has 0 aliphatic carbocycles. The Morgan fingerprint density at radius 3 is 3.00 bits per heavy atom. The SMILES string of the molecule is OCC1(Cc2csc3ccccc23)CCOC1. The molecule has 90 valence electrons. The Bertz CT molecular complexity index is 512. The maximum absolute atomic E-state index is 9.61. The second-order valence-electron chi connectivity index (χ2n) is 4.89. The third-order valence-corrected chi connectivity index (χ3v) is 4.66. The van der Waals surface area contributed by atoms with E-state index in [1.54, 1.807) is 11.3 Å². The zero-order valence-corrected chi connectivity index (χ0v) is 10.5. The molecule has 3 rings (SSSR count). The fourth-order valence-corrected chi connectivity index (χ4v) is 3.51. The van der Waals surface area contributed by atoms with Crippen LogP contribution in [0, 0.1) is 5.41 Å². The number of hydrogen-bond donors (Lipinski definition) is 1. The Hall–Kier alpha value is -0.900. The highest BCUT2D eigenvalue weighted by molar-refractivity contribution is 7.17. The van der Waals surface area contributed by atoms with Crippen LogP contribution < -0.4 is 0 Å². The molecule has 1 fully saturated rings. The first-order valence-corrected chi connectivity index (χ1v) is 6.85. The number of rotatable bonds is 3. The molecule has 17 heavy (non-hydrogen) atoms. The van der Waals surface area contributed by atoms with E-state index in [4.69, 9.17) is 4.74 Å². The summed E-state index contributed by atoms with van der Waals surface area (Å²) in [7, 11) is 0. The smallest absolute Gasteiger partial charge is 0.0548 e. The van der Waals surface area contributed by atoms with Crippen molar-refractivity contribution in [2.24, 2.45) is 5.41 Å². The highest BCUT2D eigenvalue weighted by Crippen LogP contribution is 2.36.